The van der Waals surface area contributed by atoms with E-state index in [-0.39, 0.29) is 0 Å². The molecule has 0 aliphatic heterocycles. The molecule has 3 aromatic heterocycles. The van der Waals surface area contributed by atoms with E-state index >= 15 is 0 Å². The van der Waals surface area contributed by atoms with Crippen LogP contribution in [-0.2, 0) is 5.75 Å². The van der Waals surface area contributed by atoms with Crippen molar-refractivity contribution < 1.29 is 4.74 Å². The van der Waals surface area contributed by atoms with Crippen LogP contribution in [-0.4, -0.2) is 31.5 Å². The second-order valence-corrected chi connectivity index (χ2v) is 7.75. The van der Waals surface area contributed by atoms with Crippen LogP contribution < -0.4 is 4.74 Å². The molecule has 0 saturated heterocycles. The summed E-state index contributed by atoms with van der Waals surface area (Å²) in [6.07, 6.45) is 3.95. The molecule has 2 aromatic carbocycles. The first kappa shape index (κ1) is 17.8. The number of hydrogen-bond donors (Lipinski definition) is 0. The van der Waals surface area contributed by atoms with Gasteiger partial charge < -0.3 is 4.74 Å². The van der Waals surface area contributed by atoms with Gasteiger partial charge in [0.25, 0.3) is 0 Å². The first-order chi connectivity index (χ1) is 14.2. The second-order valence-electron chi connectivity index (χ2n) is 6.80. The fourth-order valence-corrected chi connectivity index (χ4v) is 4.29. The molecule has 0 unspecified atom stereocenters. The Bertz CT molecular complexity index is 1310. The molecule has 5 rings (SSSR count). The highest BCUT2D eigenvalue weighted by Crippen LogP contribution is 2.29. The first-order valence-corrected chi connectivity index (χ1v) is 10.3. The Morgan fingerprint density at radius 2 is 1.90 bits per heavy atom. The minimum absolute atomic E-state index is 0.757. The third kappa shape index (κ3) is 3.23. The highest BCUT2D eigenvalue weighted by Gasteiger charge is 2.13. The van der Waals surface area contributed by atoms with Crippen molar-refractivity contribution >= 4 is 28.3 Å². The number of ether oxygens (including phenoxy) is 1. The summed E-state index contributed by atoms with van der Waals surface area (Å²) >= 11 is 1.65. The number of nitrogens with zero attached hydrogens (tertiary/aromatic N) is 5. The van der Waals surface area contributed by atoms with Crippen molar-refractivity contribution in [3.8, 4) is 11.4 Å². The number of para-hydroxylation sites is 1. The lowest BCUT2D eigenvalue weighted by molar-refractivity contribution is 0.415. The van der Waals surface area contributed by atoms with Gasteiger partial charge >= 0.3 is 0 Å². The topological polar surface area (TPSA) is 57.2 Å². The summed E-state index contributed by atoms with van der Waals surface area (Å²) in [6.45, 7) is 2.09. The maximum atomic E-state index is 5.43. The monoisotopic (exact) mass is 401 g/mol. The highest BCUT2D eigenvalue weighted by atomic mass is 32.2. The van der Waals surface area contributed by atoms with Gasteiger partial charge in [-0.1, -0.05) is 30.0 Å². The molecule has 7 heteroatoms. The zero-order valence-corrected chi connectivity index (χ0v) is 16.9. The molecule has 5 aromatic rings. The predicted molar refractivity (Wildman–Crippen MR) is 115 cm³/mol. The van der Waals surface area contributed by atoms with E-state index in [0.29, 0.717) is 0 Å². The second kappa shape index (κ2) is 7.25. The zero-order valence-electron chi connectivity index (χ0n) is 16.1. The molecule has 0 aliphatic carbocycles. The Balaban J connectivity index is 1.48. The van der Waals surface area contributed by atoms with Crippen molar-refractivity contribution in [1.82, 2.24) is 24.4 Å². The molecule has 0 bridgehead atoms. The zero-order chi connectivity index (χ0) is 19.8. The molecule has 6 nitrogen and oxygen atoms in total. The van der Waals surface area contributed by atoms with Crippen LogP contribution in [0.3, 0.4) is 0 Å². The van der Waals surface area contributed by atoms with E-state index in [1.165, 1.54) is 5.56 Å². The molecule has 0 saturated carbocycles. The molecule has 29 heavy (non-hydrogen) atoms. The fourth-order valence-electron chi connectivity index (χ4n) is 3.43. The lowest BCUT2D eigenvalue weighted by Crippen LogP contribution is -1.95. The van der Waals surface area contributed by atoms with Crippen LogP contribution in [0, 0.1) is 6.92 Å². The third-order valence-corrected chi connectivity index (χ3v) is 5.90. The van der Waals surface area contributed by atoms with E-state index in [1.807, 2.05) is 53.3 Å². The maximum Gasteiger partial charge on any atom is 0.196 e. The molecule has 0 amide bonds. The molecule has 0 fully saturated rings. The maximum absolute atomic E-state index is 5.43. The van der Waals surface area contributed by atoms with Crippen molar-refractivity contribution in [1.29, 1.82) is 0 Å². The molecule has 144 valence electrons. The summed E-state index contributed by atoms with van der Waals surface area (Å²) in [7, 11) is 1.68. The van der Waals surface area contributed by atoms with Crippen LogP contribution in [0.5, 0.6) is 5.75 Å². The lowest BCUT2D eigenvalue weighted by atomic mass is 10.1. The van der Waals surface area contributed by atoms with Gasteiger partial charge in [-0.2, -0.15) is 5.10 Å². The van der Waals surface area contributed by atoms with E-state index in [4.69, 9.17) is 4.74 Å². The molecule has 0 radical (unpaired) electrons. The molecule has 0 N–H and O–H groups in total. The van der Waals surface area contributed by atoms with E-state index in [2.05, 4.69) is 45.0 Å². The van der Waals surface area contributed by atoms with E-state index in [1.54, 1.807) is 18.9 Å². The van der Waals surface area contributed by atoms with Crippen LogP contribution >= 0.6 is 11.8 Å². The van der Waals surface area contributed by atoms with Crippen molar-refractivity contribution in [3.63, 3.8) is 0 Å². The first-order valence-electron chi connectivity index (χ1n) is 9.27. The minimum atomic E-state index is 0.757. The summed E-state index contributed by atoms with van der Waals surface area (Å²) in [4.78, 5) is 0. The van der Waals surface area contributed by atoms with Gasteiger partial charge in [-0.25, -0.2) is 4.68 Å². The number of pyridine rings is 1. The number of aromatic nitrogens is 5. The van der Waals surface area contributed by atoms with E-state index in [0.717, 1.165) is 44.5 Å². The largest absolute Gasteiger partial charge is 0.497 e. The Labute approximate surface area is 172 Å². The summed E-state index contributed by atoms with van der Waals surface area (Å²) in [6, 6.07) is 18.3. The van der Waals surface area contributed by atoms with Crippen LogP contribution in [0.4, 0.5) is 0 Å². The molecule has 3 heterocycles. The number of rotatable bonds is 5. The Morgan fingerprint density at radius 1 is 1.03 bits per heavy atom. The van der Waals surface area contributed by atoms with Gasteiger partial charge in [-0.3, -0.25) is 4.40 Å². The normalized spacial score (nSPS) is 11.4. The summed E-state index contributed by atoms with van der Waals surface area (Å²) in [5.74, 6) is 1.57. The number of thioether (sulfide) groups is 1. The van der Waals surface area contributed by atoms with Crippen molar-refractivity contribution in [2.75, 3.05) is 7.11 Å². The minimum Gasteiger partial charge on any atom is -0.497 e. The number of benzene rings is 2. The highest BCUT2D eigenvalue weighted by molar-refractivity contribution is 7.98. The van der Waals surface area contributed by atoms with Crippen molar-refractivity contribution in [2.24, 2.45) is 0 Å². The summed E-state index contributed by atoms with van der Waals surface area (Å²) < 4.78 is 9.41. The Morgan fingerprint density at radius 3 is 2.72 bits per heavy atom. The third-order valence-electron chi connectivity index (χ3n) is 4.90. The van der Waals surface area contributed by atoms with Gasteiger partial charge in [0.15, 0.2) is 10.8 Å². The van der Waals surface area contributed by atoms with Crippen LogP contribution in [0.25, 0.3) is 22.2 Å². The average Bonchev–Trinajstić information content (AvgIpc) is 3.39. The smallest absolute Gasteiger partial charge is 0.196 e. The quantitative estimate of drug-likeness (QED) is 0.400. The van der Waals surface area contributed by atoms with Crippen LogP contribution in [0.1, 0.15) is 11.1 Å². The number of aryl methyl sites for hydroxylation is 1. The molecule has 0 spiro atoms. The van der Waals surface area contributed by atoms with Gasteiger partial charge in [0, 0.05) is 29.0 Å². The van der Waals surface area contributed by atoms with Gasteiger partial charge in [-0.15, -0.1) is 10.2 Å². The van der Waals surface area contributed by atoms with Crippen molar-refractivity contribution in [2.45, 2.75) is 17.8 Å². The van der Waals surface area contributed by atoms with Crippen LogP contribution in [0.15, 0.2) is 72.1 Å². The van der Waals surface area contributed by atoms with Gasteiger partial charge in [0.1, 0.15) is 5.75 Å². The van der Waals surface area contributed by atoms with Gasteiger partial charge in [-0.05, 0) is 42.8 Å². The number of hydrogen-bond acceptors (Lipinski definition) is 5. The molecule has 0 aliphatic rings. The fraction of sp³-hybridized carbons (Fsp3) is 0.136. The SMILES string of the molecule is COc1ccc2c(C)cc3nnc(SCc4cnn(-c5ccccc5)c4)n3c2c1. The number of methoxy groups -OCH3 is 1. The lowest BCUT2D eigenvalue weighted by Gasteiger charge is -2.09. The summed E-state index contributed by atoms with van der Waals surface area (Å²) in [5.41, 5.74) is 5.23. The molecule has 0 atom stereocenters. The van der Waals surface area contributed by atoms with E-state index < -0.39 is 0 Å². The standard InChI is InChI=1S/C22H19N5OS/c1-15-10-21-24-25-22(27(21)20-11-18(28-2)8-9-19(15)20)29-14-16-12-23-26(13-16)17-6-4-3-5-7-17/h3-13H,14H2,1-2H3. The van der Waals surface area contributed by atoms with Crippen LogP contribution in [0.2, 0.25) is 0 Å². The van der Waals surface area contributed by atoms with Gasteiger partial charge in [0.2, 0.25) is 0 Å². The number of fused-ring (bicyclic) bond motifs is 3. The summed E-state index contributed by atoms with van der Waals surface area (Å²) in [5, 5.41) is 15.3. The average molecular weight is 401 g/mol. The van der Waals surface area contributed by atoms with E-state index in [9.17, 15) is 0 Å². The Hall–Kier alpha value is -3.32. The van der Waals surface area contributed by atoms with Gasteiger partial charge in [0.05, 0.1) is 24.5 Å². The Kier molecular flexibility index (Phi) is 4.44. The van der Waals surface area contributed by atoms with Crippen molar-refractivity contribution in [3.05, 3.63) is 78.1 Å². The molecular weight excluding hydrogens is 382 g/mol. The predicted octanol–water partition coefficient (Wildman–Crippen LogP) is 4.68. The molecular formula is C22H19N5OS.